The van der Waals surface area contributed by atoms with E-state index < -0.39 is 6.04 Å². The highest BCUT2D eigenvalue weighted by atomic mass is 35.5. The van der Waals surface area contributed by atoms with Gasteiger partial charge >= 0.3 is 0 Å². The Bertz CT molecular complexity index is 738. The van der Waals surface area contributed by atoms with Gasteiger partial charge < -0.3 is 10.2 Å². The van der Waals surface area contributed by atoms with Crippen molar-refractivity contribution in [3.8, 4) is 0 Å². The van der Waals surface area contributed by atoms with Crippen LogP contribution < -0.4 is 5.32 Å². The summed E-state index contributed by atoms with van der Waals surface area (Å²) in [5.41, 5.74) is 2.13. The highest BCUT2D eigenvalue weighted by molar-refractivity contribution is 7.99. The first kappa shape index (κ1) is 21.3. The average molecular weight is 405 g/mol. The molecule has 2 aromatic rings. The van der Waals surface area contributed by atoms with Crippen LogP contribution >= 0.6 is 23.4 Å². The van der Waals surface area contributed by atoms with E-state index >= 15 is 0 Å². The van der Waals surface area contributed by atoms with Gasteiger partial charge in [-0.05, 0) is 29.7 Å². The number of nitrogens with zero attached hydrogens (tertiary/aromatic N) is 1. The van der Waals surface area contributed by atoms with Crippen LogP contribution in [-0.4, -0.2) is 35.6 Å². The van der Waals surface area contributed by atoms with Gasteiger partial charge in [0.05, 0.1) is 5.75 Å². The van der Waals surface area contributed by atoms with Gasteiger partial charge in [-0.25, -0.2) is 0 Å². The minimum Gasteiger partial charge on any atom is -0.357 e. The number of benzene rings is 2. The van der Waals surface area contributed by atoms with Crippen LogP contribution in [0.2, 0.25) is 5.02 Å². The number of hydrogen-bond donors (Lipinski definition) is 1. The monoisotopic (exact) mass is 404 g/mol. The summed E-state index contributed by atoms with van der Waals surface area (Å²) in [6, 6.07) is 16.9. The van der Waals surface area contributed by atoms with Crippen LogP contribution in [0.25, 0.3) is 0 Å². The number of amides is 2. The summed E-state index contributed by atoms with van der Waals surface area (Å²) in [5, 5.41) is 3.31. The normalized spacial score (nSPS) is 11.7. The fourth-order valence-electron chi connectivity index (χ4n) is 2.79. The number of thioether (sulfide) groups is 1. The fraction of sp³-hybridized carbons (Fsp3) is 0.333. The molecule has 0 aliphatic carbocycles. The molecule has 0 fully saturated rings. The van der Waals surface area contributed by atoms with Gasteiger partial charge in [0.25, 0.3) is 0 Å². The van der Waals surface area contributed by atoms with Crippen LogP contribution in [0.1, 0.15) is 24.5 Å². The maximum atomic E-state index is 12.9. The van der Waals surface area contributed by atoms with Crippen molar-refractivity contribution in [3.63, 3.8) is 0 Å². The molecule has 0 bridgehead atoms. The molecule has 0 aromatic heterocycles. The SMILES string of the molecule is CC[C@@H](C(=O)NC)N(Cc1ccc(Cl)cc1)C(=O)CSCc1ccccc1. The molecule has 4 nitrogen and oxygen atoms in total. The van der Waals surface area contributed by atoms with Gasteiger partial charge in [0, 0.05) is 24.4 Å². The molecule has 0 aliphatic rings. The van der Waals surface area contributed by atoms with Crippen molar-refractivity contribution in [2.75, 3.05) is 12.8 Å². The largest absolute Gasteiger partial charge is 0.357 e. The summed E-state index contributed by atoms with van der Waals surface area (Å²) in [6.45, 7) is 2.30. The molecular weight excluding hydrogens is 380 g/mol. The lowest BCUT2D eigenvalue weighted by Gasteiger charge is -2.30. The van der Waals surface area contributed by atoms with E-state index in [0.717, 1.165) is 11.3 Å². The Labute approximate surface area is 170 Å². The first-order valence-corrected chi connectivity index (χ1v) is 10.5. The van der Waals surface area contributed by atoms with Crippen LogP contribution in [0.5, 0.6) is 0 Å². The Hall–Kier alpha value is -1.98. The molecule has 1 atom stereocenters. The van der Waals surface area contributed by atoms with Gasteiger partial charge in [-0.3, -0.25) is 9.59 Å². The lowest BCUT2D eigenvalue weighted by atomic mass is 10.1. The average Bonchev–Trinajstić information content (AvgIpc) is 2.69. The van der Waals surface area contributed by atoms with Gasteiger partial charge in [0.1, 0.15) is 6.04 Å². The van der Waals surface area contributed by atoms with Gasteiger partial charge in [-0.1, -0.05) is 61.0 Å². The maximum absolute atomic E-state index is 12.9. The van der Waals surface area contributed by atoms with Crippen molar-refractivity contribution in [3.05, 3.63) is 70.7 Å². The topological polar surface area (TPSA) is 49.4 Å². The molecule has 0 heterocycles. The third-order valence-corrected chi connectivity index (χ3v) is 5.48. The van der Waals surface area contributed by atoms with Crippen molar-refractivity contribution >= 4 is 35.2 Å². The third kappa shape index (κ3) is 6.60. The zero-order chi connectivity index (χ0) is 19.6. The molecule has 0 saturated carbocycles. The van der Waals surface area contributed by atoms with Crippen molar-refractivity contribution in [1.82, 2.24) is 10.2 Å². The Balaban J connectivity index is 2.08. The second-order valence-electron chi connectivity index (χ2n) is 6.16. The maximum Gasteiger partial charge on any atom is 0.242 e. The molecule has 2 rings (SSSR count). The molecule has 6 heteroatoms. The minimum absolute atomic E-state index is 0.0404. The molecule has 0 saturated heterocycles. The Morgan fingerprint density at radius 3 is 2.33 bits per heavy atom. The van der Waals surface area contributed by atoms with E-state index in [1.807, 2.05) is 49.4 Å². The predicted molar refractivity (Wildman–Crippen MR) is 113 cm³/mol. The smallest absolute Gasteiger partial charge is 0.242 e. The van der Waals surface area contributed by atoms with Crippen LogP contribution in [0.3, 0.4) is 0 Å². The van der Waals surface area contributed by atoms with Crippen molar-refractivity contribution in [1.29, 1.82) is 0 Å². The van der Waals surface area contributed by atoms with E-state index in [-0.39, 0.29) is 11.8 Å². The summed E-state index contributed by atoms with van der Waals surface area (Å²) in [7, 11) is 1.60. The number of carbonyl (C=O) groups excluding carboxylic acids is 2. The van der Waals surface area contributed by atoms with Gasteiger partial charge in [-0.2, -0.15) is 0 Å². The summed E-state index contributed by atoms with van der Waals surface area (Å²) in [4.78, 5) is 26.9. The van der Waals surface area contributed by atoms with E-state index in [9.17, 15) is 9.59 Å². The molecule has 0 radical (unpaired) electrons. The van der Waals surface area contributed by atoms with E-state index in [1.165, 1.54) is 5.56 Å². The number of carbonyl (C=O) groups is 2. The second kappa shape index (κ2) is 11.0. The van der Waals surface area contributed by atoms with Gasteiger partial charge in [0.2, 0.25) is 11.8 Å². The van der Waals surface area contributed by atoms with Gasteiger partial charge in [-0.15, -0.1) is 11.8 Å². The molecule has 144 valence electrons. The quantitative estimate of drug-likeness (QED) is 0.683. The number of nitrogens with one attached hydrogen (secondary N) is 1. The fourth-order valence-corrected chi connectivity index (χ4v) is 3.78. The van der Waals surface area contributed by atoms with Crippen LogP contribution in [0.4, 0.5) is 0 Å². The molecule has 0 spiro atoms. The lowest BCUT2D eigenvalue weighted by molar-refractivity contribution is -0.139. The molecule has 1 N–H and O–H groups in total. The number of likely N-dealkylation sites (N-methyl/N-ethyl adjacent to an activating group) is 1. The predicted octanol–water partition coefficient (Wildman–Crippen LogP) is 4.13. The highest BCUT2D eigenvalue weighted by Gasteiger charge is 2.27. The Kier molecular flexibility index (Phi) is 8.69. The molecule has 2 aromatic carbocycles. The number of rotatable bonds is 9. The molecular formula is C21H25ClN2O2S. The van der Waals surface area contributed by atoms with Crippen LogP contribution in [0.15, 0.2) is 54.6 Å². The zero-order valence-electron chi connectivity index (χ0n) is 15.7. The molecule has 2 amide bonds. The first-order valence-electron chi connectivity index (χ1n) is 8.92. The standard InChI is InChI=1S/C21H25ClN2O2S/c1-3-19(21(26)23-2)24(13-16-9-11-18(22)12-10-16)20(25)15-27-14-17-7-5-4-6-8-17/h4-12,19H,3,13-15H2,1-2H3,(H,23,26)/t19-/m0/s1. The Morgan fingerprint density at radius 2 is 1.74 bits per heavy atom. The summed E-state index contributed by atoms with van der Waals surface area (Å²) >= 11 is 7.51. The van der Waals surface area contributed by atoms with E-state index in [4.69, 9.17) is 11.6 Å². The van der Waals surface area contributed by atoms with Crippen molar-refractivity contribution in [2.45, 2.75) is 31.7 Å². The van der Waals surface area contributed by atoms with E-state index in [0.29, 0.717) is 23.7 Å². The highest BCUT2D eigenvalue weighted by Crippen LogP contribution is 2.18. The number of halogens is 1. The van der Waals surface area contributed by atoms with Crippen molar-refractivity contribution < 1.29 is 9.59 Å². The molecule has 0 aliphatic heterocycles. The second-order valence-corrected chi connectivity index (χ2v) is 7.59. The zero-order valence-corrected chi connectivity index (χ0v) is 17.2. The summed E-state index contributed by atoms with van der Waals surface area (Å²) in [5.74, 6) is 0.905. The van der Waals surface area contributed by atoms with Crippen LogP contribution in [0, 0.1) is 0 Å². The first-order chi connectivity index (χ1) is 13.0. The lowest BCUT2D eigenvalue weighted by Crippen LogP contribution is -2.48. The molecule has 0 unspecified atom stereocenters. The summed E-state index contributed by atoms with van der Waals surface area (Å²) < 4.78 is 0. The van der Waals surface area contributed by atoms with E-state index in [1.54, 1.807) is 35.8 Å². The number of hydrogen-bond acceptors (Lipinski definition) is 3. The van der Waals surface area contributed by atoms with E-state index in [2.05, 4.69) is 5.32 Å². The van der Waals surface area contributed by atoms with Gasteiger partial charge in [0.15, 0.2) is 0 Å². The molecule has 27 heavy (non-hydrogen) atoms. The third-order valence-electron chi connectivity index (χ3n) is 4.24. The van der Waals surface area contributed by atoms with Crippen LogP contribution in [-0.2, 0) is 21.9 Å². The Morgan fingerprint density at radius 1 is 1.07 bits per heavy atom. The summed E-state index contributed by atoms with van der Waals surface area (Å²) in [6.07, 6.45) is 0.558. The minimum atomic E-state index is -0.490. The van der Waals surface area contributed by atoms with Crippen molar-refractivity contribution in [2.24, 2.45) is 0 Å².